The van der Waals surface area contributed by atoms with Crippen molar-refractivity contribution in [1.29, 1.82) is 0 Å². The van der Waals surface area contributed by atoms with Gasteiger partial charge in [-0.25, -0.2) is 0 Å². The van der Waals surface area contributed by atoms with Gasteiger partial charge in [-0.3, -0.25) is 4.79 Å². The van der Waals surface area contributed by atoms with E-state index in [0.717, 1.165) is 23.2 Å². The number of hydrogen-bond acceptors (Lipinski definition) is 2. The number of halogens is 1. The van der Waals surface area contributed by atoms with Crippen molar-refractivity contribution in [2.75, 3.05) is 17.2 Å². The van der Waals surface area contributed by atoms with Gasteiger partial charge in [-0.1, -0.05) is 29.8 Å². The third-order valence-corrected chi connectivity index (χ3v) is 3.61. The third kappa shape index (κ3) is 2.06. The molecule has 2 N–H and O–H groups in total. The number of nitrogen functional groups attached to an aromatic ring is 1. The van der Waals surface area contributed by atoms with Crippen LogP contribution in [0, 0.1) is 0 Å². The molecule has 1 aliphatic heterocycles. The summed E-state index contributed by atoms with van der Waals surface area (Å²) < 4.78 is 0. The second-order valence-corrected chi connectivity index (χ2v) is 5.00. The zero-order valence-electron chi connectivity index (χ0n) is 10.3. The Kier molecular flexibility index (Phi) is 2.91. The van der Waals surface area contributed by atoms with Crippen molar-refractivity contribution < 1.29 is 4.79 Å². The molecule has 1 aliphatic rings. The van der Waals surface area contributed by atoms with Crippen molar-refractivity contribution >= 4 is 28.9 Å². The number of nitrogens with zero attached hydrogens (tertiary/aromatic N) is 1. The first-order valence-corrected chi connectivity index (χ1v) is 6.49. The molecule has 4 heteroatoms. The smallest absolute Gasteiger partial charge is 0.258 e. The Morgan fingerprint density at radius 3 is 2.74 bits per heavy atom. The summed E-state index contributed by atoms with van der Waals surface area (Å²) in [7, 11) is 0. The predicted octanol–water partition coefficient (Wildman–Crippen LogP) is 3.13. The zero-order chi connectivity index (χ0) is 13.4. The quantitative estimate of drug-likeness (QED) is 0.811. The van der Waals surface area contributed by atoms with E-state index in [9.17, 15) is 4.79 Å². The SMILES string of the molecule is Nc1cc(Cl)ccc1N1CCc2ccccc2C1=O. The van der Waals surface area contributed by atoms with Crippen LogP contribution in [0.25, 0.3) is 0 Å². The Morgan fingerprint density at radius 2 is 1.95 bits per heavy atom. The predicted molar refractivity (Wildman–Crippen MR) is 77.7 cm³/mol. The summed E-state index contributed by atoms with van der Waals surface area (Å²) in [6.45, 7) is 0.641. The van der Waals surface area contributed by atoms with Crippen LogP contribution in [0.1, 0.15) is 15.9 Å². The van der Waals surface area contributed by atoms with Crippen LogP contribution in [0.2, 0.25) is 5.02 Å². The molecule has 0 saturated heterocycles. The molecular weight excluding hydrogens is 260 g/mol. The third-order valence-electron chi connectivity index (χ3n) is 3.38. The Morgan fingerprint density at radius 1 is 1.16 bits per heavy atom. The summed E-state index contributed by atoms with van der Waals surface area (Å²) in [4.78, 5) is 14.2. The van der Waals surface area contributed by atoms with Gasteiger partial charge < -0.3 is 10.6 Å². The molecule has 0 unspecified atom stereocenters. The van der Waals surface area contributed by atoms with Crippen LogP contribution in [0.5, 0.6) is 0 Å². The lowest BCUT2D eigenvalue weighted by Crippen LogP contribution is -2.38. The van der Waals surface area contributed by atoms with Crippen molar-refractivity contribution in [2.45, 2.75) is 6.42 Å². The molecule has 3 rings (SSSR count). The standard InChI is InChI=1S/C15H13ClN2O/c16-11-5-6-14(13(17)9-11)18-8-7-10-3-1-2-4-12(10)15(18)19/h1-6,9H,7-8,17H2. The molecule has 0 aromatic heterocycles. The molecule has 0 spiro atoms. The maximum Gasteiger partial charge on any atom is 0.258 e. The lowest BCUT2D eigenvalue weighted by molar-refractivity contribution is 0.0981. The molecular formula is C15H13ClN2O. The Balaban J connectivity index is 2.02. The molecule has 0 radical (unpaired) electrons. The monoisotopic (exact) mass is 272 g/mol. The number of hydrogen-bond donors (Lipinski definition) is 1. The van der Waals surface area contributed by atoms with Gasteiger partial charge in [-0.2, -0.15) is 0 Å². The molecule has 3 nitrogen and oxygen atoms in total. The minimum absolute atomic E-state index is 0.00382. The molecule has 0 atom stereocenters. The van der Waals surface area contributed by atoms with E-state index in [1.165, 1.54) is 0 Å². The zero-order valence-corrected chi connectivity index (χ0v) is 11.0. The van der Waals surface area contributed by atoms with E-state index in [4.69, 9.17) is 17.3 Å². The average molecular weight is 273 g/mol. The number of carbonyl (C=O) groups is 1. The van der Waals surface area contributed by atoms with E-state index in [0.29, 0.717) is 17.3 Å². The van der Waals surface area contributed by atoms with Gasteiger partial charge in [0.15, 0.2) is 0 Å². The summed E-state index contributed by atoms with van der Waals surface area (Å²) in [5, 5.41) is 0.575. The molecule has 1 heterocycles. The Labute approximate surface area is 116 Å². The fourth-order valence-corrected chi connectivity index (χ4v) is 2.61. The molecule has 19 heavy (non-hydrogen) atoms. The number of benzene rings is 2. The van der Waals surface area contributed by atoms with E-state index in [1.807, 2.05) is 24.3 Å². The van der Waals surface area contributed by atoms with Gasteiger partial charge in [-0.15, -0.1) is 0 Å². The van der Waals surface area contributed by atoms with Gasteiger partial charge in [0.05, 0.1) is 11.4 Å². The first kappa shape index (κ1) is 12.1. The van der Waals surface area contributed by atoms with Crippen LogP contribution >= 0.6 is 11.6 Å². The number of amides is 1. The van der Waals surface area contributed by atoms with Crippen LogP contribution in [0.15, 0.2) is 42.5 Å². The second-order valence-electron chi connectivity index (χ2n) is 4.57. The molecule has 1 amide bonds. The number of anilines is 2. The fourth-order valence-electron chi connectivity index (χ4n) is 2.43. The Bertz CT molecular complexity index is 654. The molecule has 2 aromatic carbocycles. The molecule has 96 valence electrons. The first-order valence-electron chi connectivity index (χ1n) is 6.11. The van der Waals surface area contributed by atoms with Gasteiger partial charge in [0, 0.05) is 17.1 Å². The summed E-state index contributed by atoms with van der Waals surface area (Å²) in [5.41, 5.74) is 9.06. The van der Waals surface area contributed by atoms with Gasteiger partial charge in [0.25, 0.3) is 5.91 Å². The van der Waals surface area contributed by atoms with Crippen molar-refractivity contribution in [1.82, 2.24) is 0 Å². The van der Waals surface area contributed by atoms with Crippen LogP contribution in [0.3, 0.4) is 0 Å². The lowest BCUT2D eigenvalue weighted by atomic mass is 9.98. The summed E-state index contributed by atoms with van der Waals surface area (Å²) in [5.74, 6) is -0.00382. The van der Waals surface area contributed by atoms with Crippen molar-refractivity contribution in [3.8, 4) is 0 Å². The number of fused-ring (bicyclic) bond motifs is 1. The minimum Gasteiger partial charge on any atom is -0.397 e. The van der Waals surface area contributed by atoms with E-state index < -0.39 is 0 Å². The molecule has 0 bridgehead atoms. The Hall–Kier alpha value is -2.00. The highest BCUT2D eigenvalue weighted by Crippen LogP contribution is 2.30. The topological polar surface area (TPSA) is 46.3 Å². The average Bonchev–Trinajstić information content (AvgIpc) is 2.41. The van der Waals surface area contributed by atoms with Gasteiger partial charge in [-0.05, 0) is 36.2 Å². The minimum atomic E-state index is -0.00382. The van der Waals surface area contributed by atoms with Crippen LogP contribution < -0.4 is 10.6 Å². The molecule has 0 aliphatic carbocycles. The van der Waals surface area contributed by atoms with Crippen molar-refractivity contribution in [2.24, 2.45) is 0 Å². The van der Waals surface area contributed by atoms with E-state index in [-0.39, 0.29) is 5.91 Å². The maximum atomic E-state index is 12.5. The van der Waals surface area contributed by atoms with Gasteiger partial charge in [0.1, 0.15) is 0 Å². The number of nitrogens with two attached hydrogens (primary N) is 1. The largest absolute Gasteiger partial charge is 0.397 e. The molecule has 0 saturated carbocycles. The lowest BCUT2D eigenvalue weighted by Gasteiger charge is -2.29. The molecule has 0 fully saturated rings. The van der Waals surface area contributed by atoms with E-state index >= 15 is 0 Å². The number of rotatable bonds is 1. The van der Waals surface area contributed by atoms with E-state index in [2.05, 4.69) is 0 Å². The summed E-state index contributed by atoms with van der Waals surface area (Å²) in [6.07, 6.45) is 0.837. The highest BCUT2D eigenvalue weighted by Gasteiger charge is 2.26. The highest BCUT2D eigenvalue weighted by molar-refractivity contribution is 6.31. The van der Waals surface area contributed by atoms with Crippen LogP contribution in [-0.2, 0) is 6.42 Å². The van der Waals surface area contributed by atoms with Gasteiger partial charge in [0.2, 0.25) is 0 Å². The summed E-state index contributed by atoms with van der Waals surface area (Å²) >= 11 is 5.89. The van der Waals surface area contributed by atoms with Gasteiger partial charge >= 0.3 is 0 Å². The van der Waals surface area contributed by atoms with E-state index in [1.54, 1.807) is 23.1 Å². The van der Waals surface area contributed by atoms with Crippen molar-refractivity contribution in [3.63, 3.8) is 0 Å². The second kappa shape index (κ2) is 4.59. The number of carbonyl (C=O) groups excluding carboxylic acids is 1. The van der Waals surface area contributed by atoms with Crippen LogP contribution in [0.4, 0.5) is 11.4 Å². The highest BCUT2D eigenvalue weighted by atomic mass is 35.5. The van der Waals surface area contributed by atoms with Crippen LogP contribution in [-0.4, -0.2) is 12.5 Å². The fraction of sp³-hybridized carbons (Fsp3) is 0.133. The normalized spacial score (nSPS) is 14.4. The molecule has 2 aromatic rings. The maximum absolute atomic E-state index is 12.5. The van der Waals surface area contributed by atoms with Crippen molar-refractivity contribution in [3.05, 3.63) is 58.6 Å². The summed E-state index contributed by atoms with van der Waals surface area (Å²) in [6, 6.07) is 12.9. The first-order chi connectivity index (χ1) is 9.16.